The predicted octanol–water partition coefficient (Wildman–Crippen LogP) is 2.94. The van der Waals surface area contributed by atoms with Crippen molar-refractivity contribution in [2.45, 2.75) is 12.8 Å². The topological polar surface area (TPSA) is 88.2 Å². The summed E-state index contributed by atoms with van der Waals surface area (Å²) in [5.41, 5.74) is 1.99. The molecule has 2 heterocycles. The number of rotatable bonds is 5. The van der Waals surface area contributed by atoms with E-state index in [9.17, 15) is 18.8 Å². The van der Waals surface area contributed by atoms with Crippen LogP contribution in [0.4, 0.5) is 15.8 Å². The van der Waals surface area contributed by atoms with Gasteiger partial charge in [-0.2, -0.15) is 0 Å². The van der Waals surface area contributed by atoms with Gasteiger partial charge in [0.25, 0.3) is 5.91 Å². The van der Waals surface area contributed by atoms with E-state index in [0.29, 0.717) is 56.0 Å². The number of hydrogen-bond donors (Lipinski definition) is 1. The molecule has 2 aliphatic rings. The highest BCUT2D eigenvalue weighted by Gasteiger charge is 2.29. The summed E-state index contributed by atoms with van der Waals surface area (Å²) in [5, 5.41) is 2.88. The molecule has 0 atom stereocenters. The summed E-state index contributed by atoms with van der Waals surface area (Å²) >= 11 is 0. The predicted molar refractivity (Wildman–Crippen MR) is 124 cm³/mol. The molecule has 0 aromatic heterocycles. The Balaban J connectivity index is 1.40. The van der Waals surface area contributed by atoms with Gasteiger partial charge in [-0.3, -0.25) is 9.59 Å². The molecule has 8 nitrogen and oxygen atoms in total. The molecule has 1 N–H and O–H groups in total. The van der Waals surface area contributed by atoms with Gasteiger partial charge in [0.1, 0.15) is 5.82 Å². The zero-order valence-electron chi connectivity index (χ0n) is 19.1. The highest BCUT2D eigenvalue weighted by atomic mass is 19.1. The minimum Gasteiger partial charge on any atom is -0.465 e. The van der Waals surface area contributed by atoms with Gasteiger partial charge in [0.2, 0.25) is 5.91 Å². The molecule has 4 rings (SSSR count). The van der Waals surface area contributed by atoms with E-state index in [1.165, 1.54) is 31.4 Å². The Morgan fingerprint density at radius 2 is 1.68 bits per heavy atom. The van der Waals surface area contributed by atoms with Crippen molar-refractivity contribution in [1.82, 2.24) is 4.90 Å². The lowest BCUT2D eigenvalue weighted by atomic mass is 9.95. The van der Waals surface area contributed by atoms with Crippen molar-refractivity contribution < 1.29 is 28.2 Å². The van der Waals surface area contributed by atoms with Crippen molar-refractivity contribution >= 4 is 29.2 Å². The van der Waals surface area contributed by atoms with Crippen LogP contribution in [0, 0.1) is 11.7 Å². The SMILES string of the molecule is COC(=O)c1cc(N2CCOCC2)ccc1NC(=O)C1CCN(C(=O)c2ccc(F)cc2)CC1. The summed E-state index contributed by atoms with van der Waals surface area (Å²) in [4.78, 5) is 41.8. The Bertz CT molecular complexity index is 1050. The molecule has 2 aromatic carbocycles. The average Bonchev–Trinajstić information content (AvgIpc) is 2.89. The molecule has 2 aliphatic heterocycles. The monoisotopic (exact) mass is 469 g/mol. The second kappa shape index (κ2) is 10.6. The van der Waals surface area contributed by atoms with Crippen LogP contribution >= 0.6 is 0 Å². The summed E-state index contributed by atoms with van der Waals surface area (Å²) < 4.78 is 23.4. The van der Waals surface area contributed by atoms with Crippen LogP contribution in [0.2, 0.25) is 0 Å². The quantitative estimate of drug-likeness (QED) is 0.678. The second-order valence-electron chi connectivity index (χ2n) is 8.38. The summed E-state index contributed by atoms with van der Waals surface area (Å²) in [6, 6.07) is 10.8. The highest BCUT2D eigenvalue weighted by Crippen LogP contribution is 2.27. The van der Waals surface area contributed by atoms with E-state index in [1.807, 2.05) is 6.07 Å². The molecular weight excluding hydrogens is 441 g/mol. The lowest BCUT2D eigenvalue weighted by Gasteiger charge is -2.32. The fourth-order valence-electron chi connectivity index (χ4n) is 4.29. The van der Waals surface area contributed by atoms with Crippen molar-refractivity contribution in [3.8, 4) is 0 Å². The molecule has 2 fully saturated rings. The number of benzene rings is 2. The molecule has 34 heavy (non-hydrogen) atoms. The first-order valence-corrected chi connectivity index (χ1v) is 11.4. The summed E-state index contributed by atoms with van der Waals surface area (Å²) in [7, 11) is 1.31. The first-order chi connectivity index (χ1) is 16.5. The maximum absolute atomic E-state index is 13.1. The molecule has 0 bridgehead atoms. The Kier molecular flexibility index (Phi) is 7.42. The van der Waals surface area contributed by atoms with Crippen molar-refractivity contribution in [2.75, 3.05) is 56.7 Å². The number of nitrogens with zero attached hydrogens (tertiary/aromatic N) is 2. The van der Waals surface area contributed by atoms with Crippen LogP contribution in [0.5, 0.6) is 0 Å². The Morgan fingerprint density at radius 1 is 1.00 bits per heavy atom. The summed E-state index contributed by atoms with van der Waals surface area (Å²) in [6.07, 6.45) is 0.996. The molecule has 2 amide bonds. The standard InChI is InChI=1S/C25H28FN3O5/c1-33-25(32)21-16-20(28-12-14-34-15-13-28)6-7-22(21)27-23(30)17-8-10-29(11-9-17)24(31)18-2-4-19(26)5-3-18/h2-7,16-17H,8-15H2,1H3,(H,27,30). The van der Waals surface area contributed by atoms with E-state index >= 15 is 0 Å². The zero-order valence-corrected chi connectivity index (χ0v) is 19.1. The van der Waals surface area contributed by atoms with Crippen molar-refractivity contribution in [2.24, 2.45) is 5.92 Å². The fourth-order valence-corrected chi connectivity index (χ4v) is 4.29. The van der Waals surface area contributed by atoms with Crippen molar-refractivity contribution in [3.05, 3.63) is 59.4 Å². The number of anilines is 2. The molecule has 0 aliphatic carbocycles. The summed E-state index contributed by atoms with van der Waals surface area (Å²) in [6.45, 7) is 3.54. The lowest BCUT2D eigenvalue weighted by Crippen LogP contribution is -2.41. The molecule has 0 radical (unpaired) electrons. The van der Waals surface area contributed by atoms with Crippen molar-refractivity contribution in [3.63, 3.8) is 0 Å². The third-order valence-electron chi connectivity index (χ3n) is 6.29. The van der Waals surface area contributed by atoms with Crippen molar-refractivity contribution in [1.29, 1.82) is 0 Å². The van der Waals surface area contributed by atoms with Crippen LogP contribution < -0.4 is 10.2 Å². The van der Waals surface area contributed by atoms with Gasteiger partial charge in [0, 0.05) is 43.3 Å². The molecule has 2 aromatic rings. The van der Waals surface area contributed by atoms with Gasteiger partial charge >= 0.3 is 5.97 Å². The number of esters is 1. The van der Waals surface area contributed by atoms with E-state index < -0.39 is 11.8 Å². The van der Waals surface area contributed by atoms with Crippen LogP contribution in [-0.4, -0.2) is 69.2 Å². The average molecular weight is 470 g/mol. The van der Waals surface area contributed by atoms with E-state index in [2.05, 4.69) is 10.2 Å². The number of hydrogen-bond acceptors (Lipinski definition) is 6. The van der Waals surface area contributed by atoms with Gasteiger partial charge in [-0.1, -0.05) is 0 Å². The molecule has 2 saturated heterocycles. The van der Waals surface area contributed by atoms with E-state index in [0.717, 1.165) is 18.8 Å². The first-order valence-electron chi connectivity index (χ1n) is 11.4. The number of carbonyl (C=O) groups excluding carboxylic acids is 3. The van der Waals surface area contributed by atoms with Gasteiger partial charge in [-0.05, 0) is 55.3 Å². The van der Waals surface area contributed by atoms with Gasteiger partial charge in [0.15, 0.2) is 0 Å². The lowest BCUT2D eigenvalue weighted by molar-refractivity contribution is -0.121. The number of carbonyl (C=O) groups is 3. The molecule has 0 spiro atoms. The number of methoxy groups -OCH3 is 1. The number of nitrogens with one attached hydrogen (secondary N) is 1. The van der Waals surface area contributed by atoms with Crippen LogP contribution in [0.15, 0.2) is 42.5 Å². The third kappa shape index (κ3) is 5.36. The van der Waals surface area contributed by atoms with Crippen LogP contribution in [0.25, 0.3) is 0 Å². The van der Waals surface area contributed by atoms with E-state index in [1.54, 1.807) is 17.0 Å². The minimum absolute atomic E-state index is 0.175. The summed E-state index contributed by atoms with van der Waals surface area (Å²) in [5.74, 6) is -1.58. The molecular formula is C25H28FN3O5. The minimum atomic E-state index is -0.523. The molecule has 0 saturated carbocycles. The van der Waals surface area contributed by atoms with Gasteiger partial charge in [-0.25, -0.2) is 9.18 Å². The smallest absolute Gasteiger partial charge is 0.340 e. The van der Waals surface area contributed by atoms with Gasteiger partial charge in [-0.15, -0.1) is 0 Å². The number of likely N-dealkylation sites (tertiary alicyclic amines) is 1. The zero-order chi connectivity index (χ0) is 24.1. The molecule has 9 heteroatoms. The highest BCUT2D eigenvalue weighted by molar-refractivity contribution is 6.03. The maximum atomic E-state index is 13.1. The van der Waals surface area contributed by atoms with Crippen LogP contribution in [-0.2, 0) is 14.3 Å². The number of piperidine rings is 1. The fraction of sp³-hybridized carbons (Fsp3) is 0.400. The third-order valence-corrected chi connectivity index (χ3v) is 6.29. The number of morpholine rings is 1. The Hall–Kier alpha value is -3.46. The largest absolute Gasteiger partial charge is 0.465 e. The number of ether oxygens (including phenoxy) is 2. The van der Waals surface area contributed by atoms with E-state index in [-0.39, 0.29) is 17.7 Å². The molecule has 0 unspecified atom stereocenters. The maximum Gasteiger partial charge on any atom is 0.340 e. The normalized spacial score (nSPS) is 16.8. The van der Waals surface area contributed by atoms with Gasteiger partial charge in [0.05, 0.1) is 31.6 Å². The number of amides is 2. The number of halogens is 1. The Labute approximate surface area is 197 Å². The first kappa shape index (κ1) is 23.7. The van der Waals surface area contributed by atoms with Crippen LogP contribution in [0.1, 0.15) is 33.6 Å². The van der Waals surface area contributed by atoms with Gasteiger partial charge < -0.3 is 24.6 Å². The second-order valence-corrected chi connectivity index (χ2v) is 8.38. The molecule has 180 valence electrons. The van der Waals surface area contributed by atoms with Crippen LogP contribution in [0.3, 0.4) is 0 Å². The van der Waals surface area contributed by atoms with E-state index in [4.69, 9.17) is 9.47 Å². The Morgan fingerprint density at radius 3 is 2.32 bits per heavy atom.